The van der Waals surface area contributed by atoms with Gasteiger partial charge < -0.3 is 9.47 Å². The molecule has 15 heavy (non-hydrogen) atoms. The minimum atomic E-state index is 0.174. The van der Waals surface area contributed by atoms with Crippen molar-refractivity contribution in [3.05, 3.63) is 17.1 Å². The first-order valence-corrected chi connectivity index (χ1v) is 4.82. The van der Waals surface area contributed by atoms with Crippen molar-refractivity contribution >= 4 is 6.29 Å². The molecule has 0 radical (unpaired) electrons. The number of hydrogen-bond acceptors (Lipinski definition) is 5. The highest BCUT2D eigenvalue weighted by Crippen LogP contribution is 2.21. The molecule has 0 fully saturated rings. The van der Waals surface area contributed by atoms with E-state index in [9.17, 15) is 4.79 Å². The van der Waals surface area contributed by atoms with E-state index in [0.717, 1.165) is 17.7 Å². The monoisotopic (exact) mass is 208 g/mol. The number of methoxy groups -OCH3 is 1. The summed E-state index contributed by atoms with van der Waals surface area (Å²) in [5.41, 5.74) is 1.82. The fourth-order valence-corrected chi connectivity index (χ4v) is 1.65. The maximum atomic E-state index is 10.6. The lowest BCUT2D eigenvalue weighted by molar-refractivity contribution is 0.111. The Bertz CT molecular complexity index is 379. The summed E-state index contributed by atoms with van der Waals surface area (Å²) >= 11 is 0. The van der Waals surface area contributed by atoms with Crippen molar-refractivity contribution in [1.82, 2.24) is 9.97 Å². The third kappa shape index (κ3) is 1.97. The van der Waals surface area contributed by atoms with Crippen LogP contribution in [0.1, 0.15) is 21.9 Å². The number of carbonyl (C=O) groups excluding carboxylic acids is 1. The molecule has 0 atom stereocenters. The van der Waals surface area contributed by atoms with E-state index in [-0.39, 0.29) is 5.82 Å². The first-order valence-electron chi connectivity index (χ1n) is 4.82. The van der Waals surface area contributed by atoms with Crippen LogP contribution in [0.3, 0.4) is 0 Å². The van der Waals surface area contributed by atoms with E-state index < -0.39 is 0 Å². The Balaban J connectivity index is 2.49. The molecular weight excluding hydrogens is 196 g/mol. The van der Waals surface area contributed by atoms with Crippen LogP contribution in [0.5, 0.6) is 5.88 Å². The molecule has 0 amide bonds. The van der Waals surface area contributed by atoms with Crippen molar-refractivity contribution in [2.24, 2.45) is 0 Å². The molecule has 0 saturated carbocycles. The van der Waals surface area contributed by atoms with Gasteiger partial charge in [0.15, 0.2) is 12.1 Å². The minimum Gasteiger partial charge on any atom is -0.481 e. The molecule has 2 rings (SSSR count). The minimum absolute atomic E-state index is 0.174. The van der Waals surface area contributed by atoms with Gasteiger partial charge >= 0.3 is 0 Å². The second-order valence-electron chi connectivity index (χ2n) is 3.25. The third-order valence-electron chi connectivity index (χ3n) is 2.35. The van der Waals surface area contributed by atoms with Crippen LogP contribution >= 0.6 is 0 Å². The zero-order valence-electron chi connectivity index (χ0n) is 8.52. The van der Waals surface area contributed by atoms with E-state index in [1.165, 1.54) is 0 Å². The molecule has 0 bridgehead atoms. The predicted octanol–water partition coefficient (Wildman–Crippen LogP) is 0.413. The maximum absolute atomic E-state index is 10.6. The summed E-state index contributed by atoms with van der Waals surface area (Å²) in [4.78, 5) is 18.8. The summed E-state index contributed by atoms with van der Waals surface area (Å²) in [6.07, 6.45) is 2.07. The summed E-state index contributed by atoms with van der Waals surface area (Å²) in [7, 11) is 1.54. The molecule has 0 unspecified atom stereocenters. The van der Waals surface area contributed by atoms with Crippen LogP contribution < -0.4 is 4.74 Å². The lowest BCUT2D eigenvalue weighted by Gasteiger charge is -2.08. The molecule has 5 heteroatoms. The molecule has 2 heterocycles. The molecule has 0 N–H and O–H groups in total. The Kier molecular flexibility index (Phi) is 2.91. The second-order valence-corrected chi connectivity index (χ2v) is 3.25. The van der Waals surface area contributed by atoms with Gasteiger partial charge in [0.05, 0.1) is 26.0 Å². The van der Waals surface area contributed by atoms with Gasteiger partial charge in [-0.2, -0.15) is 4.98 Å². The zero-order chi connectivity index (χ0) is 10.7. The lowest BCUT2D eigenvalue weighted by atomic mass is 10.1. The topological polar surface area (TPSA) is 61.3 Å². The third-order valence-corrected chi connectivity index (χ3v) is 2.35. The first-order chi connectivity index (χ1) is 7.35. The highest BCUT2D eigenvalue weighted by atomic mass is 16.5. The Morgan fingerprint density at radius 2 is 2.13 bits per heavy atom. The van der Waals surface area contributed by atoms with Gasteiger partial charge in [-0.05, 0) is 0 Å². The number of ether oxygens (including phenoxy) is 2. The molecule has 5 nitrogen and oxygen atoms in total. The van der Waals surface area contributed by atoms with E-state index >= 15 is 0 Å². The molecule has 1 aromatic rings. The van der Waals surface area contributed by atoms with E-state index in [0.29, 0.717) is 31.8 Å². The molecule has 0 spiro atoms. The number of fused-ring (bicyclic) bond motifs is 1. The molecule has 0 aromatic carbocycles. The van der Waals surface area contributed by atoms with Gasteiger partial charge in [0, 0.05) is 18.4 Å². The Hall–Kier alpha value is -1.49. The van der Waals surface area contributed by atoms with Gasteiger partial charge in [-0.1, -0.05) is 0 Å². The number of hydrogen-bond donors (Lipinski definition) is 0. The van der Waals surface area contributed by atoms with Gasteiger partial charge in [-0.3, -0.25) is 4.79 Å². The Morgan fingerprint density at radius 3 is 2.87 bits per heavy atom. The number of aldehydes is 1. The van der Waals surface area contributed by atoms with Gasteiger partial charge in [-0.15, -0.1) is 0 Å². The smallest absolute Gasteiger partial charge is 0.220 e. The van der Waals surface area contributed by atoms with E-state index in [1.54, 1.807) is 7.11 Å². The Morgan fingerprint density at radius 1 is 1.33 bits per heavy atom. The van der Waals surface area contributed by atoms with Crippen molar-refractivity contribution in [3.8, 4) is 5.88 Å². The predicted molar refractivity (Wildman–Crippen MR) is 52.2 cm³/mol. The van der Waals surface area contributed by atoms with Crippen LogP contribution in [0, 0.1) is 0 Å². The fraction of sp³-hybridized carbons (Fsp3) is 0.500. The largest absolute Gasteiger partial charge is 0.481 e. The molecule has 0 saturated heterocycles. The second kappa shape index (κ2) is 4.35. The highest BCUT2D eigenvalue weighted by Gasteiger charge is 2.17. The van der Waals surface area contributed by atoms with Crippen LogP contribution in [0.15, 0.2) is 0 Å². The summed E-state index contributed by atoms with van der Waals surface area (Å²) in [5.74, 6) is 0.667. The number of nitrogens with zero attached hydrogens (tertiary/aromatic N) is 2. The van der Waals surface area contributed by atoms with Crippen molar-refractivity contribution in [1.29, 1.82) is 0 Å². The van der Waals surface area contributed by atoms with Crippen LogP contribution in [0.25, 0.3) is 0 Å². The first kappa shape index (κ1) is 10.0. The van der Waals surface area contributed by atoms with E-state index in [4.69, 9.17) is 9.47 Å². The summed E-state index contributed by atoms with van der Waals surface area (Å²) in [5, 5.41) is 0. The molecule has 1 aromatic heterocycles. The number of rotatable bonds is 2. The SMILES string of the molecule is COc1nc(C=O)nc2c1CCOCC2. The maximum Gasteiger partial charge on any atom is 0.220 e. The number of carbonyl (C=O) groups is 1. The Labute approximate surface area is 87.4 Å². The van der Waals surface area contributed by atoms with Gasteiger partial charge in [0.25, 0.3) is 0 Å². The van der Waals surface area contributed by atoms with Gasteiger partial charge in [-0.25, -0.2) is 4.98 Å². The highest BCUT2D eigenvalue weighted by molar-refractivity contribution is 5.69. The molecular formula is C10H12N2O3. The normalized spacial score (nSPS) is 15.3. The zero-order valence-corrected chi connectivity index (χ0v) is 8.52. The van der Waals surface area contributed by atoms with Gasteiger partial charge in [0.2, 0.25) is 5.88 Å². The average Bonchev–Trinajstić information content (AvgIpc) is 2.52. The van der Waals surface area contributed by atoms with Gasteiger partial charge in [0.1, 0.15) is 0 Å². The van der Waals surface area contributed by atoms with Crippen molar-refractivity contribution in [2.75, 3.05) is 20.3 Å². The van der Waals surface area contributed by atoms with Crippen LogP contribution in [-0.4, -0.2) is 36.6 Å². The van der Waals surface area contributed by atoms with E-state index in [2.05, 4.69) is 9.97 Å². The standard InChI is InChI=1S/C10H12N2O3/c1-14-10-7-2-4-15-5-3-8(7)11-9(6-13)12-10/h6H,2-5H2,1H3. The quantitative estimate of drug-likeness (QED) is 0.659. The molecule has 0 aliphatic carbocycles. The van der Waals surface area contributed by atoms with Crippen LogP contribution in [-0.2, 0) is 17.6 Å². The average molecular weight is 208 g/mol. The van der Waals surface area contributed by atoms with Crippen molar-refractivity contribution < 1.29 is 14.3 Å². The lowest BCUT2D eigenvalue weighted by Crippen LogP contribution is -2.07. The molecule has 80 valence electrons. The molecule has 1 aliphatic rings. The molecule has 1 aliphatic heterocycles. The fourth-order valence-electron chi connectivity index (χ4n) is 1.65. The summed E-state index contributed by atoms with van der Waals surface area (Å²) < 4.78 is 10.5. The summed E-state index contributed by atoms with van der Waals surface area (Å²) in [6, 6.07) is 0. The van der Waals surface area contributed by atoms with Crippen LogP contribution in [0.2, 0.25) is 0 Å². The van der Waals surface area contributed by atoms with Crippen LogP contribution in [0.4, 0.5) is 0 Å². The number of aromatic nitrogens is 2. The van der Waals surface area contributed by atoms with E-state index in [1.807, 2.05) is 0 Å². The summed E-state index contributed by atoms with van der Waals surface area (Å²) in [6.45, 7) is 1.28. The van der Waals surface area contributed by atoms with Crippen molar-refractivity contribution in [3.63, 3.8) is 0 Å². The van der Waals surface area contributed by atoms with Crippen molar-refractivity contribution in [2.45, 2.75) is 12.8 Å².